The molecule has 0 saturated heterocycles. The van der Waals surface area contributed by atoms with Crippen molar-refractivity contribution in [2.24, 2.45) is 0 Å². The number of halogens is 1. The highest BCUT2D eigenvalue weighted by Crippen LogP contribution is 2.21. The number of nitrogen functional groups attached to an aromatic ring is 1. The second-order valence-electron chi connectivity index (χ2n) is 4.27. The normalized spacial score (nSPS) is 12.6. The number of rotatable bonds is 4. The van der Waals surface area contributed by atoms with Crippen LogP contribution < -0.4 is 11.1 Å². The molecule has 2 aromatic rings. The van der Waals surface area contributed by atoms with Crippen molar-refractivity contribution >= 4 is 28.6 Å². The summed E-state index contributed by atoms with van der Waals surface area (Å²) in [6.07, 6.45) is 1.90. The zero-order valence-electron chi connectivity index (χ0n) is 10.4. The van der Waals surface area contributed by atoms with E-state index in [-0.39, 0.29) is 6.04 Å². The predicted octanol–water partition coefficient (Wildman–Crippen LogP) is 3.54. The Bertz CT molecular complexity index is 539. The molecule has 2 rings (SSSR count). The van der Waals surface area contributed by atoms with Crippen molar-refractivity contribution in [3.05, 3.63) is 44.9 Å². The number of benzene rings is 1. The van der Waals surface area contributed by atoms with Crippen molar-refractivity contribution < 1.29 is 0 Å². The molecule has 1 aromatic carbocycles. The number of hydrogen-bond donors (Lipinski definition) is 2. The Hall–Kier alpha value is -1.10. The Morgan fingerprint density at radius 3 is 2.89 bits per heavy atom. The monoisotopic (exact) mass is 281 g/mol. The first-order valence-electron chi connectivity index (χ1n) is 5.76. The first kappa shape index (κ1) is 13.3. The molecule has 1 heterocycles. The van der Waals surface area contributed by atoms with Gasteiger partial charge in [-0.1, -0.05) is 17.7 Å². The van der Waals surface area contributed by atoms with E-state index in [4.69, 9.17) is 17.3 Å². The van der Waals surface area contributed by atoms with Crippen LogP contribution in [0, 0.1) is 6.92 Å². The second kappa shape index (κ2) is 5.69. The summed E-state index contributed by atoms with van der Waals surface area (Å²) in [7, 11) is 0. The molecule has 0 aliphatic heterocycles. The van der Waals surface area contributed by atoms with Crippen LogP contribution in [0.15, 0.2) is 24.4 Å². The quantitative estimate of drug-likeness (QED) is 0.843. The number of hydrogen-bond acceptors (Lipinski definition) is 4. The van der Waals surface area contributed by atoms with Crippen LogP contribution in [0.25, 0.3) is 0 Å². The van der Waals surface area contributed by atoms with Crippen LogP contribution in [0.2, 0.25) is 5.02 Å². The average molecular weight is 282 g/mol. The summed E-state index contributed by atoms with van der Waals surface area (Å²) in [5.41, 5.74) is 7.51. The zero-order chi connectivity index (χ0) is 13.1. The van der Waals surface area contributed by atoms with Gasteiger partial charge in [0, 0.05) is 17.6 Å². The van der Waals surface area contributed by atoms with E-state index in [9.17, 15) is 0 Å². The Balaban J connectivity index is 1.97. The lowest BCUT2D eigenvalue weighted by Crippen LogP contribution is -2.17. The highest BCUT2D eigenvalue weighted by Gasteiger charge is 2.08. The van der Waals surface area contributed by atoms with Gasteiger partial charge in [0.05, 0.1) is 16.8 Å². The first-order valence-corrected chi connectivity index (χ1v) is 6.95. The molecule has 1 aromatic heterocycles. The molecule has 0 bridgehead atoms. The van der Waals surface area contributed by atoms with Crippen LogP contribution in [0.3, 0.4) is 0 Å². The van der Waals surface area contributed by atoms with E-state index in [0.717, 1.165) is 17.1 Å². The Morgan fingerprint density at radius 2 is 2.28 bits per heavy atom. The van der Waals surface area contributed by atoms with Crippen LogP contribution in [0.5, 0.6) is 0 Å². The van der Waals surface area contributed by atoms with Gasteiger partial charge in [-0.15, -0.1) is 11.3 Å². The van der Waals surface area contributed by atoms with Gasteiger partial charge in [-0.2, -0.15) is 0 Å². The lowest BCUT2D eigenvalue weighted by molar-refractivity contribution is 0.572. The van der Waals surface area contributed by atoms with E-state index in [1.54, 1.807) is 11.3 Å². The smallest absolute Gasteiger partial charge is 0.109 e. The minimum atomic E-state index is 0.237. The van der Waals surface area contributed by atoms with Gasteiger partial charge in [0.15, 0.2) is 0 Å². The number of anilines is 1. The van der Waals surface area contributed by atoms with Crippen molar-refractivity contribution in [1.29, 1.82) is 0 Å². The molecule has 18 heavy (non-hydrogen) atoms. The summed E-state index contributed by atoms with van der Waals surface area (Å²) in [5, 5.41) is 5.13. The molecule has 0 radical (unpaired) electrons. The molecular formula is C13H16ClN3S. The SMILES string of the molecule is Cc1cnc(C(C)NCc2ccc(Cl)c(N)c2)s1. The molecule has 0 aliphatic rings. The highest BCUT2D eigenvalue weighted by atomic mass is 35.5. The van der Waals surface area contributed by atoms with E-state index in [2.05, 4.69) is 24.1 Å². The number of thiazole rings is 1. The fraction of sp³-hybridized carbons (Fsp3) is 0.308. The summed E-state index contributed by atoms with van der Waals surface area (Å²) in [4.78, 5) is 5.60. The molecule has 3 N–H and O–H groups in total. The minimum absolute atomic E-state index is 0.237. The van der Waals surface area contributed by atoms with E-state index < -0.39 is 0 Å². The molecule has 0 aliphatic carbocycles. The molecule has 3 nitrogen and oxygen atoms in total. The van der Waals surface area contributed by atoms with Gasteiger partial charge >= 0.3 is 0 Å². The number of nitrogens with zero attached hydrogens (tertiary/aromatic N) is 1. The average Bonchev–Trinajstić information content (AvgIpc) is 2.77. The molecule has 1 atom stereocenters. The minimum Gasteiger partial charge on any atom is -0.398 e. The molecule has 0 fully saturated rings. The van der Waals surface area contributed by atoms with Crippen LogP contribution in [0.1, 0.15) is 28.4 Å². The molecule has 5 heteroatoms. The molecule has 96 valence electrons. The van der Waals surface area contributed by atoms with Crippen LogP contribution >= 0.6 is 22.9 Å². The van der Waals surface area contributed by atoms with Gasteiger partial charge in [-0.3, -0.25) is 0 Å². The summed E-state index contributed by atoms with van der Waals surface area (Å²) >= 11 is 7.61. The predicted molar refractivity (Wildman–Crippen MR) is 78.0 cm³/mol. The van der Waals surface area contributed by atoms with Crippen molar-refractivity contribution in [3.8, 4) is 0 Å². The first-order chi connectivity index (χ1) is 8.56. The lowest BCUT2D eigenvalue weighted by atomic mass is 10.2. The Morgan fingerprint density at radius 1 is 1.50 bits per heavy atom. The maximum Gasteiger partial charge on any atom is 0.109 e. The van der Waals surface area contributed by atoms with E-state index in [1.165, 1.54) is 4.88 Å². The fourth-order valence-electron chi connectivity index (χ4n) is 1.63. The van der Waals surface area contributed by atoms with Crippen LogP contribution in [0.4, 0.5) is 5.69 Å². The van der Waals surface area contributed by atoms with Crippen molar-refractivity contribution in [2.45, 2.75) is 26.4 Å². The highest BCUT2D eigenvalue weighted by molar-refractivity contribution is 7.11. The molecular weight excluding hydrogens is 266 g/mol. The number of nitrogens with two attached hydrogens (primary N) is 1. The molecule has 0 spiro atoms. The van der Waals surface area contributed by atoms with E-state index in [1.807, 2.05) is 24.4 Å². The molecule has 0 amide bonds. The molecule has 1 unspecified atom stereocenters. The Kier molecular flexibility index (Phi) is 4.22. The van der Waals surface area contributed by atoms with Crippen LogP contribution in [-0.4, -0.2) is 4.98 Å². The van der Waals surface area contributed by atoms with Gasteiger partial charge in [-0.05, 0) is 31.5 Å². The summed E-state index contributed by atoms with van der Waals surface area (Å²) in [5.74, 6) is 0. The fourth-order valence-corrected chi connectivity index (χ4v) is 2.55. The summed E-state index contributed by atoms with van der Waals surface area (Å²) in [6, 6.07) is 5.94. The zero-order valence-corrected chi connectivity index (χ0v) is 12.0. The third-order valence-corrected chi connectivity index (χ3v) is 4.12. The molecule has 0 saturated carbocycles. The largest absolute Gasteiger partial charge is 0.398 e. The summed E-state index contributed by atoms with van der Waals surface area (Å²) in [6.45, 7) is 4.92. The van der Waals surface area contributed by atoms with Crippen molar-refractivity contribution in [2.75, 3.05) is 5.73 Å². The Labute approximate surface area is 116 Å². The van der Waals surface area contributed by atoms with Gasteiger partial charge in [0.25, 0.3) is 0 Å². The van der Waals surface area contributed by atoms with Crippen molar-refractivity contribution in [3.63, 3.8) is 0 Å². The van der Waals surface area contributed by atoms with Gasteiger partial charge < -0.3 is 11.1 Å². The third-order valence-electron chi connectivity index (χ3n) is 2.68. The third kappa shape index (κ3) is 3.22. The van der Waals surface area contributed by atoms with E-state index >= 15 is 0 Å². The van der Waals surface area contributed by atoms with Crippen molar-refractivity contribution in [1.82, 2.24) is 10.3 Å². The van der Waals surface area contributed by atoms with E-state index in [0.29, 0.717) is 10.7 Å². The lowest BCUT2D eigenvalue weighted by Gasteiger charge is -2.11. The summed E-state index contributed by atoms with van der Waals surface area (Å²) < 4.78 is 0. The van der Waals surface area contributed by atoms with Crippen LogP contribution in [-0.2, 0) is 6.54 Å². The number of nitrogens with one attached hydrogen (secondary N) is 1. The van der Waals surface area contributed by atoms with Gasteiger partial charge in [0.1, 0.15) is 5.01 Å². The maximum absolute atomic E-state index is 5.89. The number of aryl methyl sites for hydroxylation is 1. The standard InChI is InChI=1S/C13H16ClN3S/c1-8-6-17-13(18-8)9(2)16-7-10-3-4-11(14)12(15)5-10/h3-6,9,16H,7,15H2,1-2H3. The second-order valence-corrected chi connectivity index (χ2v) is 5.94. The topological polar surface area (TPSA) is 50.9 Å². The van der Waals surface area contributed by atoms with Gasteiger partial charge in [-0.25, -0.2) is 4.98 Å². The van der Waals surface area contributed by atoms with Gasteiger partial charge in [0.2, 0.25) is 0 Å². The maximum atomic E-state index is 5.89. The number of aromatic nitrogens is 1.